The van der Waals surface area contributed by atoms with E-state index in [9.17, 15) is 29.1 Å². The predicted octanol–water partition coefficient (Wildman–Crippen LogP) is -0.321. The van der Waals surface area contributed by atoms with Gasteiger partial charge in [-0.3, -0.25) is 19.2 Å². The monoisotopic (exact) mass is 562 g/mol. The number of nitrogens with two attached hydrogens (primary N) is 1. The van der Waals surface area contributed by atoms with Crippen molar-refractivity contribution in [1.29, 1.82) is 0 Å². The Kier molecular flexibility index (Phi) is 13.0. The zero-order valence-corrected chi connectivity index (χ0v) is 22.3. The summed E-state index contributed by atoms with van der Waals surface area (Å²) in [4.78, 5) is 68.4. The van der Waals surface area contributed by atoms with Crippen LogP contribution < -0.4 is 21.7 Å². The summed E-state index contributed by atoms with van der Waals surface area (Å²) in [7, 11) is 0. The fraction of sp³-hybridized carbons (Fsp3) is 0.440. The number of thioether (sulfide) groups is 1. The molecule has 8 N–H and O–H groups in total. The molecule has 0 radical (unpaired) electrons. The van der Waals surface area contributed by atoms with Gasteiger partial charge in [0.1, 0.15) is 18.1 Å². The Hall–Kier alpha value is -3.91. The SMILES string of the molecule is CSCCC(NC(=O)C(N)Cc1cnc[nH]1)C(=O)NC(Cc1ccccc1)C(=O)NC(CCC(=O)O)C(=O)O. The van der Waals surface area contributed by atoms with Crippen LogP contribution in [0.25, 0.3) is 0 Å². The smallest absolute Gasteiger partial charge is 0.326 e. The van der Waals surface area contributed by atoms with Crippen LogP contribution in [0.2, 0.25) is 0 Å². The molecule has 13 nitrogen and oxygen atoms in total. The van der Waals surface area contributed by atoms with Crippen LogP contribution in [-0.4, -0.2) is 86.0 Å². The molecule has 0 aliphatic carbocycles. The van der Waals surface area contributed by atoms with Gasteiger partial charge in [0.2, 0.25) is 17.7 Å². The maximum Gasteiger partial charge on any atom is 0.326 e. The van der Waals surface area contributed by atoms with Crippen LogP contribution >= 0.6 is 11.8 Å². The second-order valence-corrected chi connectivity index (χ2v) is 9.80. The minimum absolute atomic E-state index is 0.0339. The van der Waals surface area contributed by atoms with E-state index in [0.717, 1.165) is 0 Å². The van der Waals surface area contributed by atoms with E-state index in [4.69, 9.17) is 10.8 Å². The summed E-state index contributed by atoms with van der Waals surface area (Å²) in [5.41, 5.74) is 7.36. The Labute approximate surface area is 229 Å². The van der Waals surface area contributed by atoms with Crippen LogP contribution in [0.4, 0.5) is 0 Å². The number of H-pyrrole nitrogens is 1. The predicted molar refractivity (Wildman–Crippen MR) is 144 cm³/mol. The van der Waals surface area contributed by atoms with Crippen LogP contribution in [0, 0.1) is 0 Å². The summed E-state index contributed by atoms with van der Waals surface area (Å²) in [6.07, 6.45) is 4.52. The van der Waals surface area contributed by atoms with Crippen molar-refractivity contribution in [2.45, 2.75) is 56.3 Å². The highest BCUT2D eigenvalue weighted by atomic mass is 32.2. The third-order valence-electron chi connectivity index (χ3n) is 5.75. The van der Waals surface area contributed by atoms with Crippen molar-refractivity contribution in [2.75, 3.05) is 12.0 Å². The summed E-state index contributed by atoms with van der Waals surface area (Å²) in [6, 6.07) is 4.15. The van der Waals surface area contributed by atoms with Gasteiger partial charge in [-0.25, -0.2) is 9.78 Å². The minimum Gasteiger partial charge on any atom is -0.481 e. The maximum atomic E-state index is 13.3. The summed E-state index contributed by atoms with van der Waals surface area (Å²) in [5.74, 6) is -4.07. The number of hydrogen-bond acceptors (Lipinski definition) is 8. The first kappa shape index (κ1) is 31.3. The fourth-order valence-electron chi connectivity index (χ4n) is 3.64. The lowest BCUT2D eigenvalue weighted by Crippen LogP contribution is -2.58. The number of carboxylic acids is 2. The van der Waals surface area contributed by atoms with E-state index in [1.54, 1.807) is 36.5 Å². The highest BCUT2D eigenvalue weighted by Gasteiger charge is 2.30. The number of imidazole rings is 1. The summed E-state index contributed by atoms with van der Waals surface area (Å²) < 4.78 is 0. The van der Waals surface area contributed by atoms with Crippen molar-refractivity contribution in [3.8, 4) is 0 Å². The second-order valence-electron chi connectivity index (χ2n) is 8.81. The second kappa shape index (κ2) is 16.1. The molecule has 0 fully saturated rings. The Morgan fingerprint density at radius 1 is 0.923 bits per heavy atom. The zero-order chi connectivity index (χ0) is 28.8. The number of aromatic nitrogens is 2. The molecule has 212 valence electrons. The molecule has 4 atom stereocenters. The third kappa shape index (κ3) is 11.2. The van der Waals surface area contributed by atoms with Crippen LogP contribution in [-0.2, 0) is 36.8 Å². The standard InChI is InChI=1S/C25H34N6O7S/c1-39-10-9-18(29-22(34)17(26)12-16-13-27-14-28-16)23(35)31-20(11-15-5-3-2-4-6-15)24(36)30-19(25(37)38)7-8-21(32)33/h2-6,13-14,17-20H,7-12,26H2,1H3,(H,27,28)(H,29,34)(H,30,36)(H,31,35)(H,32,33)(H,37,38). The molecule has 0 spiro atoms. The van der Waals surface area contributed by atoms with Crippen LogP contribution in [0.15, 0.2) is 42.9 Å². The molecule has 2 rings (SSSR count). The van der Waals surface area contributed by atoms with Crippen molar-refractivity contribution < 1.29 is 34.2 Å². The number of amides is 3. The molecule has 0 saturated heterocycles. The van der Waals surface area contributed by atoms with E-state index in [-0.39, 0.29) is 25.7 Å². The summed E-state index contributed by atoms with van der Waals surface area (Å²) >= 11 is 1.47. The molecule has 2 aromatic rings. The average molecular weight is 563 g/mol. The lowest BCUT2D eigenvalue weighted by molar-refractivity contribution is -0.143. The molecule has 0 saturated carbocycles. The quantitative estimate of drug-likeness (QED) is 0.133. The number of carboxylic acid groups (broad SMARTS) is 2. The first-order valence-electron chi connectivity index (χ1n) is 12.2. The third-order valence-corrected chi connectivity index (χ3v) is 6.40. The van der Waals surface area contributed by atoms with Crippen molar-refractivity contribution >= 4 is 41.4 Å². The van der Waals surface area contributed by atoms with Gasteiger partial charge >= 0.3 is 11.9 Å². The highest BCUT2D eigenvalue weighted by molar-refractivity contribution is 7.98. The number of carbonyl (C=O) groups is 5. The van der Waals surface area contributed by atoms with Gasteiger partial charge in [-0.15, -0.1) is 0 Å². The van der Waals surface area contributed by atoms with Crippen LogP contribution in [0.5, 0.6) is 0 Å². The minimum atomic E-state index is -1.46. The topological polar surface area (TPSA) is 217 Å². The van der Waals surface area contributed by atoms with Crippen molar-refractivity contribution in [3.05, 3.63) is 54.1 Å². The molecule has 1 aromatic carbocycles. The molecule has 39 heavy (non-hydrogen) atoms. The molecule has 0 aliphatic rings. The molecule has 0 aliphatic heterocycles. The molecular weight excluding hydrogens is 528 g/mol. The van der Waals surface area contributed by atoms with E-state index >= 15 is 0 Å². The number of aromatic amines is 1. The van der Waals surface area contributed by atoms with Crippen molar-refractivity contribution in [2.24, 2.45) is 5.73 Å². The molecule has 1 aromatic heterocycles. The Morgan fingerprint density at radius 2 is 1.56 bits per heavy atom. The number of nitrogens with one attached hydrogen (secondary N) is 4. The van der Waals surface area contributed by atoms with E-state index in [0.29, 0.717) is 17.0 Å². The van der Waals surface area contributed by atoms with Gasteiger partial charge < -0.3 is 36.9 Å². The van der Waals surface area contributed by atoms with Gasteiger partial charge in [0, 0.05) is 31.2 Å². The van der Waals surface area contributed by atoms with Crippen molar-refractivity contribution in [3.63, 3.8) is 0 Å². The van der Waals surface area contributed by atoms with E-state index in [1.807, 2.05) is 6.26 Å². The number of hydrogen-bond donors (Lipinski definition) is 7. The number of benzene rings is 1. The van der Waals surface area contributed by atoms with E-state index in [1.165, 1.54) is 18.1 Å². The zero-order valence-electron chi connectivity index (χ0n) is 21.5. The van der Waals surface area contributed by atoms with Crippen LogP contribution in [0.1, 0.15) is 30.5 Å². The van der Waals surface area contributed by atoms with Gasteiger partial charge in [0.05, 0.1) is 12.4 Å². The molecule has 0 bridgehead atoms. The van der Waals surface area contributed by atoms with Crippen LogP contribution in [0.3, 0.4) is 0 Å². The number of rotatable bonds is 17. The normalized spacial score (nSPS) is 13.9. The highest BCUT2D eigenvalue weighted by Crippen LogP contribution is 2.08. The maximum absolute atomic E-state index is 13.3. The largest absolute Gasteiger partial charge is 0.481 e. The molecule has 3 amide bonds. The first-order valence-corrected chi connectivity index (χ1v) is 13.6. The average Bonchev–Trinajstić information content (AvgIpc) is 3.41. The lowest BCUT2D eigenvalue weighted by atomic mass is 10.0. The van der Waals surface area contributed by atoms with E-state index in [2.05, 4.69) is 25.9 Å². The van der Waals surface area contributed by atoms with Gasteiger partial charge in [0.15, 0.2) is 0 Å². The van der Waals surface area contributed by atoms with Gasteiger partial charge in [-0.2, -0.15) is 11.8 Å². The van der Waals surface area contributed by atoms with Gasteiger partial charge in [-0.05, 0) is 30.4 Å². The van der Waals surface area contributed by atoms with E-state index < -0.39 is 60.2 Å². The molecular formula is C25H34N6O7S. The van der Waals surface area contributed by atoms with Gasteiger partial charge in [-0.1, -0.05) is 30.3 Å². The number of aliphatic carboxylic acids is 2. The Morgan fingerprint density at radius 3 is 2.15 bits per heavy atom. The van der Waals surface area contributed by atoms with Crippen molar-refractivity contribution in [1.82, 2.24) is 25.9 Å². The summed E-state index contributed by atoms with van der Waals surface area (Å²) in [6.45, 7) is 0. The Bertz CT molecular complexity index is 1100. The molecule has 14 heteroatoms. The van der Waals surface area contributed by atoms with Gasteiger partial charge in [0.25, 0.3) is 0 Å². The fourth-order valence-corrected chi connectivity index (χ4v) is 4.11. The summed E-state index contributed by atoms with van der Waals surface area (Å²) in [5, 5.41) is 26.0. The number of nitrogens with zero attached hydrogens (tertiary/aromatic N) is 1. The molecule has 4 unspecified atom stereocenters. The molecule has 1 heterocycles. The lowest BCUT2D eigenvalue weighted by Gasteiger charge is -2.25. The first-order chi connectivity index (χ1) is 18.6. The Balaban J connectivity index is 2.18. The number of carbonyl (C=O) groups excluding carboxylic acids is 3.